The molecular weight excluding hydrogens is 242 g/mol. The van der Waals surface area contributed by atoms with E-state index in [2.05, 4.69) is 22.3 Å². The van der Waals surface area contributed by atoms with Gasteiger partial charge in [0.05, 0.1) is 6.61 Å². The highest BCUT2D eigenvalue weighted by Gasteiger charge is 2.27. The van der Waals surface area contributed by atoms with E-state index in [4.69, 9.17) is 15.0 Å². The molecular formula is C14H19N3O2. The highest BCUT2D eigenvalue weighted by Crippen LogP contribution is 2.15. The minimum Gasteiger partial charge on any atom is -0.382 e. The molecule has 1 aromatic carbocycles. The highest BCUT2D eigenvalue weighted by molar-refractivity contribution is 5.15. The summed E-state index contributed by atoms with van der Waals surface area (Å²) in [7, 11) is 1.60. The topological polar surface area (TPSA) is 74.2 Å². The molecule has 0 fully saturated rings. The lowest BCUT2D eigenvalue weighted by Crippen LogP contribution is -2.39. The fourth-order valence-electron chi connectivity index (χ4n) is 1.85. The van der Waals surface area contributed by atoms with Crippen molar-refractivity contribution < 1.29 is 9.26 Å². The molecule has 0 aliphatic heterocycles. The normalized spacial score (nSPS) is 14.3. The number of hydrogen-bond donors (Lipinski definition) is 1. The van der Waals surface area contributed by atoms with Crippen molar-refractivity contribution in [3.05, 3.63) is 47.6 Å². The van der Waals surface area contributed by atoms with Crippen molar-refractivity contribution >= 4 is 0 Å². The van der Waals surface area contributed by atoms with Crippen molar-refractivity contribution in [3.8, 4) is 0 Å². The van der Waals surface area contributed by atoms with Crippen LogP contribution in [0.2, 0.25) is 0 Å². The Hall–Kier alpha value is -1.72. The smallest absolute Gasteiger partial charge is 0.227 e. The monoisotopic (exact) mass is 261 g/mol. The molecule has 0 radical (unpaired) electrons. The number of methoxy groups -OCH3 is 1. The molecule has 1 heterocycles. The molecule has 2 N–H and O–H groups in total. The Balaban J connectivity index is 1.98. The van der Waals surface area contributed by atoms with Gasteiger partial charge in [-0.25, -0.2) is 0 Å². The molecule has 0 aliphatic carbocycles. The van der Waals surface area contributed by atoms with Crippen LogP contribution in [0.3, 0.4) is 0 Å². The average molecular weight is 261 g/mol. The summed E-state index contributed by atoms with van der Waals surface area (Å²) in [6.45, 7) is 2.17. The Kier molecular flexibility index (Phi) is 4.29. The molecule has 19 heavy (non-hydrogen) atoms. The Morgan fingerprint density at radius 3 is 2.68 bits per heavy atom. The number of hydrogen-bond acceptors (Lipinski definition) is 5. The first-order chi connectivity index (χ1) is 9.12. The molecule has 0 amide bonds. The SMILES string of the molecule is COCC(C)(N)c1noc(CCc2ccccc2)n1. The Morgan fingerprint density at radius 1 is 1.26 bits per heavy atom. The zero-order valence-corrected chi connectivity index (χ0v) is 11.3. The standard InChI is InChI=1S/C14H19N3O2/c1-14(15,10-18-2)13-16-12(19-17-13)9-8-11-6-4-3-5-7-11/h3-7H,8-10,15H2,1-2H3. The van der Waals surface area contributed by atoms with E-state index in [0.29, 0.717) is 24.7 Å². The summed E-state index contributed by atoms with van der Waals surface area (Å²) in [5.41, 5.74) is 6.59. The average Bonchev–Trinajstić information content (AvgIpc) is 2.87. The fraction of sp³-hybridized carbons (Fsp3) is 0.429. The van der Waals surface area contributed by atoms with Gasteiger partial charge in [-0.3, -0.25) is 0 Å². The number of ether oxygens (including phenoxy) is 1. The highest BCUT2D eigenvalue weighted by atomic mass is 16.5. The van der Waals surface area contributed by atoms with Gasteiger partial charge in [0.25, 0.3) is 0 Å². The molecule has 1 atom stereocenters. The van der Waals surface area contributed by atoms with Crippen LogP contribution in [-0.2, 0) is 23.1 Å². The number of rotatable bonds is 6. The van der Waals surface area contributed by atoms with Crippen LogP contribution in [0.5, 0.6) is 0 Å². The van der Waals surface area contributed by atoms with Crippen molar-refractivity contribution in [2.45, 2.75) is 25.3 Å². The molecule has 1 aromatic heterocycles. The first-order valence-electron chi connectivity index (χ1n) is 6.26. The van der Waals surface area contributed by atoms with Crippen LogP contribution in [0.25, 0.3) is 0 Å². The van der Waals surface area contributed by atoms with E-state index < -0.39 is 5.54 Å². The van der Waals surface area contributed by atoms with E-state index >= 15 is 0 Å². The van der Waals surface area contributed by atoms with Crippen LogP contribution in [0, 0.1) is 0 Å². The van der Waals surface area contributed by atoms with Gasteiger partial charge in [-0.05, 0) is 18.9 Å². The molecule has 0 bridgehead atoms. The first kappa shape index (κ1) is 13.7. The van der Waals surface area contributed by atoms with Gasteiger partial charge in [0.2, 0.25) is 5.89 Å². The fourth-order valence-corrected chi connectivity index (χ4v) is 1.85. The number of benzene rings is 1. The van der Waals surface area contributed by atoms with E-state index in [9.17, 15) is 0 Å². The van der Waals surface area contributed by atoms with E-state index in [1.54, 1.807) is 7.11 Å². The lowest BCUT2D eigenvalue weighted by Gasteiger charge is -2.18. The summed E-state index contributed by atoms with van der Waals surface area (Å²) >= 11 is 0. The summed E-state index contributed by atoms with van der Waals surface area (Å²) in [6.07, 6.45) is 1.58. The third kappa shape index (κ3) is 3.62. The van der Waals surface area contributed by atoms with Crippen molar-refractivity contribution in [3.63, 3.8) is 0 Å². The Morgan fingerprint density at radius 2 is 2.00 bits per heavy atom. The second kappa shape index (κ2) is 5.95. The minimum atomic E-state index is -0.719. The minimum absolute atomic E-state index is 0.352. The number of aromatic nitrogens is 2. The zero-order chi connectivity index (χ0) is 13.7. The molecule has 0 aliphatic rings. The maximum Gasteiger partial charge on any atom is 0.227 e. The van der Waals surface area contributed by atoms with E-state index in [1.807, 2.05) is 25.1 Å². The third-order valence-electron chi connectivity index (χ3n) is 2.89. The van der Waals surface area contributed by atoms with Crippen LogP contribution in [0.15, 0.2) is 34.9 Å². The van der Waals surface area contributed by atoms with Crippen LogP contribution in [0.4, 0.5) is 0 Å². The van der Waals surface area contributed by atoms with Gasteiger partial charge < -0.3 is 15.0 Å². The summed E-state index contributed by atoms with van der Waals surface area (Å²) in [5, 5.41) is 3.93. The Bertz CT molecular complexity index is 508. The van der Waals surface area contributed by atoms with E-state index in [1.165, 1.54) is 5.56 Å². The lowest BCUT2D eigenvalue weighted by molar-refractivity contribution is 0.135. The van der Waals surface area contributed by atoms with Crippen LogP contribution in [-0.4, -0.2) is 23.9 Å². The molecule has 2 aromatic rings. The van der Waals surface area contributed by atoms with E-state index in [0.717, 1.165) is 6.42 Å². The zero-order valence-electron chi connectivity index (χ0n) is 11.3. The Labute approximate surface area is 112 Å². The first-order valence-corrected chi connectivity index (χ1v) is 6.26. The molecule has 2 rings (SSSR count). The van der Waals surface area contributed by atoms with Crippen LogP contribution < -0.4 is 5.73 Å². The maximum atomic E-state index is 6.06. The number of aryl methyl sites for hydroxylation is 2. The molecule has 5 heteroatoms. The molecule has 5 nitrogen and oxygen atoms in total. The lowest BCUT2D eigenvalue weighted by atomic mass is 10.1. The quantitative estimate of drug-likeness (QED) is 0.856. The van der Waals surface area contributed by atoms with Gasteiger partial charge in [-0.15, -0.1) is 0 Å². The van der Waals surface area contributed by atoms with Crippen molar-refractivity contribution in [2.24, 2.45) is 5.73 Å². The van der Waals surface area contributed by atoms with Crippen LogP contribution >= 0.6 is 0 Å². The molecule has 0 spiro atoms. The maximum absolute atomic E-state index is 6.06. The third-order valence-corrected chi connectivity index (χ3v) is 2.89. The summed E-state index contributed by atoms with van der Waals surface area (Å²) in [4.78, 5) is 4.33. The molecule has 0 saturated heterocycles. The van der Waals surface area contributed by atoms with Gasteiger partial charge in [0.15, 0.2) is 5.82 Å². The van der Waals surface area contributed by atoms with Gasteiger partial charge in [-0.2, -0.15) is 4.98 Å². The van der Waals surface area contributed by atoms with E-state index in [-0.39, 0.29) is 0 Å². The largest absolute Gasteiger partial charge is 0.382 e. The molecule has 1 unspecified atom stereocenters. The van der Waals surface area contributed by atoms with Crippen LogP contribution in [0.1, 0.15) is 24.2 Å². The van der Waals surface area contributed by atoms with Gasteiger partial charge in [0.1, 0.15) is 5.54 Å². The summed E-state index contributed by atoms with van der Waals surface area (Å²) < 4.78 is 10.3. The molecule has 0 saturated carbocycles. The van der Waals surface area contributed by atoms with Gasteiger partial charge >= 0.3 is 0 Å². The second-order valence-electron chi connectivity index (χ2n) is 4.85. The van der Waals surface area contributed by atoms with Crippen molar-refractivity contribution in [1.82, 2.24) is 10.1 Å². The van der Waals surface area contributed by atoms with Crippen molar-refractivity contribution in [1.29, 1.82) is 0 Å². The van der Waals surface area contributed by atoms with Gasteiger partial charge in [0, 0.05) is 13.5 Å². The summed E-state index contributed by atoms with van der Waals surface area (Å²) in [5.74, 6) is 1.09. The summed E-state index contributed by atoms with van der Waals surface area (Å²) in [6, 6.07) is 10.2. The second-order valence-corrected chi connectivity index (χ2v) is 4.85. The number of nitrogens with two attached hydrogens (primary N) is 1. The number of nitrogens with zero attached hydrogens (tertiary/aromatic N) is 2. The predicted molar refractivity (Wildman–Crippen MR) is 71.6 cm³/mol. The molecule has 102 valence electrons. The van der Waals surface area contributed by atoms with Gasteiger partial charge in [-0.1, -0.05) is 35.5 Å². The predicted octanol–water partition coefficient (Wildman–Crippen LogP) is 1.68. The van der Waals surface area contributed by atoms with Crippen molar-refractivity contribution in [2.75, 3.05) is 13.7 Å².